The number of carbonyl (C=O) groups is 1. The second-order valence-electron chi connectivity index (χ2n) is 5.57. The molecule has 2 aliphatic carbocycles. The van der Waals surface area contributed by atoms with Gasteiger partial charge in [-0.05, 0) is 55.7 Å². The Labute approximate surface area is 107 Å². The molecule has 2 N–H and O–H groups in total. The highest BCUT2D eigenvalue weighted by molar-refractivity contribution is 5.80. The first-order valence-corrected chi connectivity index (χ1v) is 6.67. The second-order valence-corrected chi connectivity index (χ2v) is 5.57. The smallest absolute Gasteiger partial charge is 0.324 e. The third-order valence-electron chi connectivity index (χ3n) is 4.97. The Balaban J connectivity index is 2.07. The van der Waals surface area contributed by atoms with E-state index in [1.807, 2.05) is 0 Å². The molecular formula is C15H19NO2. The molecule has 3 rings (SSSR count). The molecule has 1 aromatic rings. The van der Waals surface area contributed by atoms with Crippen LogP contribution in [0.25, 0.3) is 0 Å². The number of aliphatic carboxylic acids is 1. The molecule has 3 nitrogen and oxygen atoms in total. The first-order chi connectivity index (χ1) is 8.68. The fraction of sp³-hybridized carbons (Fsp3) is 0.533. The van der Waals surface area contributed by atoms with Crippen molar-refractivity contribution in [2.45, 2.75) is 31.2 Å². The normalized spacial score (nSPS) is 33.8. The fourth-order valence-electron chi connectivity index (χ4n) is 4.07. The third kappa shape index (κ3) is 1.43. The van der Waals surface area contributed by atoms with Crippen molar-refractivity contribution in [2.24, 2.45) is 11.8 Å². The van der Waals surface area contributed by atoms with Crippen LogP contribution in [0, 0.1) is 11.8 Å². The number of likely N-dealkylation sites (N-methyl/N-ethyl adjacent to an activating group) is 1. The van der Waals surface area contributed by atoms with E-state index in [0.29, 0.717) is 0 Å². The molecule has 0 heterocycles. The van der Waals surface area contributed by atoms with E-state index in [9.17, 15) is 9.90 Å². The average molecular weight is 245 g/mol. The Morgan fingerprint density at radius 2 is 1.72 bits per heavy atom. The van der Waals surface area contributed by atoms with Crippen LogP contribution in [-0.2, 0) is 17.6 Å². The molecule has 0 saturated heterocycles. The summed E-state index contributed by atoms with van der Waals surface area (Å²) in [7, 11) is 1.80. The quantitative estimate of drug-likeness (QED) is 0.836. The molecular weight excluding hydrogens is 226 g/mol. The average Bonchev–Trinajstić information content (AvgIpc) is 2.61. The standard InChI is InChI=1S/C15H19NO2/c1-16-15(14(17)18)12-6-7-13(15)9-11-5-3-2-4-10(11)8-12/h2-5,12-13,16H,6-9H2,1H3,(H,17,18). The number of rotatable bonds is 2. The largest absolute Gasteiger partial charge is 0.480 e. The first-order valence-electron chi connectivity index (χ1n) is 6.67. The zero-order valence-electron chi connectivity index (χ0n) is 10.6. The van der Waals surface area contributed by atoms with Crippen molar-refractivity contribution in [3.63, 3.8) is 0 Å². The number of carboxylic acid groups (broad SMARTS) is 1. The highest BCUT2D eigenvalue weighted by atomic mass is 16.4. The topological polar surface area (TPSA) is 49.3 Å². The lowest BCUT2D eigenvalue weighted by atomic mass is 9.79. The lowest BCUT2D eigenvalue weighted by Crippen LogP contribution is -2.58. The van der Waals surface area contributed by atoms with Crippen LogP contribution in [0.4, 0.5) is 0 Å². The minimum Gasteiger partial charge on any atom is -0.480 e. The van der Waals surface area contributed by atoms with Crippen molar-refractivity contribution in [1.82, 2.24) is 5.32 Å². The molecule has 0 aliphatic heterocycles. The molecule has 0 spiro atoms. The lowest BCUT2D eigenvalue weighted by Gasteiger charge is -2.34. The number of fused-ring (bicyclic) bond motifs is 3. The fourth-order valence-corrected chi connectivity index (χ4v) is 4.07. The molecule has 0 aromatic heterocycles. The molecule has 3 heteroatoms. The van der Waals surface area contributed by atoms with Gasteiger partial charge in [0.15, 0.2) is 0 Å². The number of hydrogen-bond donors (Lipinski definition) is 2. The Hall–Kier alpha value is -1.35. The molecule has 18 heavy (non-hydrogen) atoms. The monoisotopic (exact) mass is 245 g/mol. The van der Waals surface area contributed by atoms with Crippen LogP contribution in [0.15, 0.2) is 24.3 Å². The van der Waals surface area contributed by atoms with Gasteiger partial charge in [-0.2, -0.15) is 0 Å². The molecule has 2 bridgehead atoms. The summed E-state index contributed by atoms with van der Waals surface area (Å²) in [5.74, 6) is -0.243. The molecule has 2 atom stereocenters. The van der Waals surface area contributed by atoms with Crippen molar-refractivity contribution < 1.29 is 9.90 Å². The maximum atomic E-state index is 11.8. The number of carboxylic acids is 1. The van der Waals surface area contributed by atoms with Crippen LogP contribution in [0.1, 0.15) is 24.0 Å². The van der Waals surface area contributed by atoms with Gasteiger partial charge in [-0.25, -0.2) is 0 Å². The summed E-state index contributed by atoms with van der Waals surface area (Å²) in [6.45, 7) is 0. The summed E-state index contributed by atoms with van der Waals surface area (Å²) in [5, 5.41) is 12.9. The lowest BCUT2D eigenvalue weighted by molar-refractivity contribution is -0.148. The van der Waals surface area contributed by atoms with E-state index >= 15 is 0 Å². The summed E-state index contributed by atoms with van der Waals surface area (Å²) >= 11 is 0. The van der Waals surface area contributed by atoms with Crippen LogP contribution in [0.5, 0.6) is 0 Å². The van der Waals surface area contributed by atoms with E-state index in [4.69, 9.17) is 0 Å². The highest BCUT2D eigenvalue weighted by Crippen LogP contribution is 2.47. The van der Waals surface area contributed by atoms with Gasteiger partial charge in [0.2, 0.25) is 0 Å². The Morgan fingerprint density at radius 1 is 1.22 bits per heavy atom. The van der Waals surface area contributed by atoms with Crippen molar-refractivity contribution in [3.8, 4) is 0 Å². The molecule has 0 amide bonds. The maximum Gasteiger partial charge on any atom is 0.324 e. The van der Waals surface area contributed by atoms with Gasteiger partial charge in [-0.1, -0.05) is 24.3 Å². The van der Waals surface area contributed by atoms with E-state index in [0.717, 1.165) is 25.7 Å². The van der Waals surface area contributed by atoms with Gasteiger partial charge in [0.25, 0.3) is 0 Å². The molecule has 2 aliphatic rings. The molecule has 2 unspecified atom stereocenters. The van der Waals surface area contributed by atoms with Crippen LogP contribution >= 0.6 is 0 Å². The van der Waals surface area contributed by atoms with Gasteiger partial charge in [0.1, 0.15) is 5.54 Å². The van der Waals surface area contributed by atoms with Crippen LogP contribution in [0.3, 0.4) is 0 Å². The maximum absolute atomic E-state index is 11.8. The summed E-state index contributed by atoms with van der Waals surface area (Å²) in [6.07, 6.45) is 3.82. The van der Waals surface area contributed by atoms with E-state index in [1.54, 1.807) is 7.05 Å². The SMILES string of the molecule is CNC1(C(=O)O)C2CCC1Cc1ccccc1C2. The number of nitrogens with one attached hydrogen (secondary N) is 1. The van der Waals surface area contributed by atoms with Gasteiger partial charge < -0.3 is 10.4 Å². The summed E-state index contributed by atoms with van der Waals surface area (Å²) in [5.41, 5.74) is 1.95. The van der Waals surface area contributed by atoms with Gasteiger partial charge in [0.05, 0.1) is 0 Å². The minimum absolute atomic E-state index is 0.216. The Bertz CT molecular complexity index is 450. The minimum atomic E-state index is -0.723. The van der Waals surface area contributed by atoms with Crippen LogP contribution in [-0.4, -0.2) is 23.7 Å². The Kier molecular flexibility index (Phi) is 2.67. The first kappa shape index (κ1) is 11.7. The van der Waals surface area contributed by atoms with E-state index in [2.05, 4.69) is 29.6 Å². The van der Waals surface area contributed by atoms with Crippen molar-refractivity contribution >= 4 is 5.97 Å². The van der Waals surface area contributed by atoms with Crippen LogP contribution in [0.2, 0.25) is 0 Å². The summed E-state index contributed by atoms with van der Waals surface area (Å²) < 4.78 is 0. The highest BCUT2D eigenvalue weighted by Gasteiger charge is 2.55. The molecule has 1 saturated carbocycles. The van der Waals surface area contributed by atoms with Gasteiger partial charge in [0, 0.05) is 0 Å². The molecule has 0 radical (unpaired) electrons. The van der Waals surface area contributed by atoms with Gasteiger partial charge in [-0.3, -0.25) is 4.79 Å². The second kappa shape index (κ2) is 4.09. The van der Waals surface area contributed by atoms with E-state index < -0.39 is 11.5 Å². The van der Waals surface area contributed by atoms with Gasteiger partial charge >= 0.3 is 5.97 Å². The zero-order valence-corrected chi connectivity index (χ0v) is 10.6. The van der Waals surface area contributed by atoms with E-state index in [-0.39, 0.29) is 11.8 Å². The Morgan fingerprint density at radius 3 is 2.11 bits per heavy atom. The zero-order chi connectivity index (χ0) is 12.8. The summed E-state index contributed by atoms with van der Waals surface area (Å²) in [6, 6.07) is 8.41. The number of benzene rings is 1. The van der Waals surface area contributed by atoms with Crippen LogP contribution < -0.4 is 5.32 Å². The molecule has 1 fully saturated rings. The van der Waals surface area contributed by atoms with Gasteiger partial charge in [-0.15, -0.1) is 0 Å². The predicted molar refractivity (Wildman–Crippen MR) is 69.5 cm³/mol. The third-order valence-corrected chi connectivity index (χ3v) is 4.97. The van der Waals surface area contributed by atoms with E-state index in [1.165, 1.54) is 11.1 Å². The van der Waals surface area contributed by atoms with Crippen molar-refractivity contribution in [1.29, 1.82) is 0 Å². The number of hydrogen-bond acceptors (Lipinski definition) is 2. The van der Waals surface area contributed by atoms with Crippen molar-refractivity contribution in [2.75, 3.05) is 7.05 Å². The molecule has 96 valence electrons. The van der Waals surface area contributed by atoms with Crippen molar-refractivity contribution in [3.05, 3.63) is 35.4 Å². The molecule has 1 aromatic carbocycles. The summed E-state index contributed by atoms with van der Waals surface area (Å²) in [4.78, 5) is 11.8. The predicted octanol–water partition coefficient (Wildman–Crippen LogP) is 1.85.